The van der Waals surface area contributed by atoms with Gasteiger partial charge in [0.15, 0.2) is 6.61 Å². The number of halogens is 1. The van der Waals surface area contributed by atoms with Crippen LogP contribution in [0.15, 0.2) is 28.7 Å². The van der Waals surface area contributed by atoms with Crippen LogP contribution in [0, 0.1) is 0 Å². The van der Waals surface area contributed by atoms with Gasteiger partial charge in [-0.2, -0.15) is 0 Å². The fraction of sp³-hybridized carbons (Fsp3) is 0.471. The van der Waals surface area contributed by atoms with Gasteiger partial charge in [-0.3, -0.25) is 14.9 Å². The number of esters is 1. The quantitative estimate of drug-likeness (QED) is 0.478. The monoisotopic (exact) mass is 414 g/mol. The Hall–Kier alpha value is -2.09. The minimum Gasteiger partial charge on any atom is -0.494 e. The van der Waals surface area contributed by atoms with Gasteiger partial charge in [-0.1, -0.05) is 28.9 Å². The van der Waals surface area contributed by atoms with Crippen LogP contribution in [0.2, 0.25) is 0 Å². The summed E-state index contributed by atoms with van der Waals surface area (Å²) in [5.74, 6) is -0.482. The Morgan fingerprint density at radius 2 is 2.04 bits per heavy atom. The molecule has 8 heteroatoms. The number of urea groups is 1. The first-order chi connectivity index (χ1) is 11.9. The summed E-state index contributed by atoms with van der Waals surface area (Å²) in [6.45, 7) is 3.60. The predicted octanol–water partition coefficient (Wildman–Crippen LogP) is 2.78. The van der Waals surface area contributed by atoms with Crippen LogP contribution in [-0.4, -0.2) is 37.2 Å². The molecule has 25 heavy (non-hydrogen) atoms. The average Bonchev–Trinajstić information content (AvgIpc) is 2.56. The third-order valence-corrected chi connectivity index (χ3v) is 3.69. The number of rotatable bonds is 9. The summed E-state index contributed by atoms with van der Waals surface area (Å²) in [6.07, 6.45) is 1.33. The Morgan fingerprint density at radius 1 is 1.28 bits per heavy atom. The maximum Gasteiger partial charge on any atom is 0.321 e. The molecule has 0 radical (unpaired) electrons. The molecule has 0 heterocycles. The zero-order valence-corrected chi connectivity index (χ0v) is 15.9. The molecule has 7 nitrogen and oxygen atoms in total. The minimum absolute atomic E-state index is 0.0411. The Balaban J connectivity index is 2.13. The van der Waals surface area contributed by atoms with E-state index < -0.39 is 24.5 Å². The van der Waals surface area contributed by atoms with Gasteiger partial charge >= 0.3 is 12.0 Å². The van der Waals surface area contributed by atoms with Crippen LogP contribution in [0.1, 0.15) is 33.1 Å². The molecule has 1 atom stereocenters. The SMILES string of the molecule is CC[C@@H](C)NC(=O)NC(=O)COC(=O)CCCOc1cccc(Br)c1. The second-order valence-corrected chi connectivity index (χ2v) is 6.32. The summed E-state index contributed by atoms with van der Waals surface area (Å²) >= 11 is 3.34. The highest BCUT2D eigenvalue weighted by Gasteiger charge is 2.12. The van der Waals surface area contributed by atoms with E-state index in [1.165, 1.54) is 0 Å². The third kappa shape index (κ3) is 9.71. The molecule has 0 aromatic heterocycles. The van der Waals surface area contributed by atoms with Crippen LogP contribution in [-0.2, 0) is 14.3 Å². The molecule has 0 aliphatic rings. The fourth-order valence-electron chi connectivity index (χ4n) is 1.71. The van der Waals surface area contributed by atoms with Crippen LogP contribution in [0.4, 0.5) is 4.79 Å². The summed E-state index contributed by atoms with van der Waals surface area (Å²) in [4.78, 5) is 34.5. The molecule has 1 rings (SSSR count). The van der Waals surface area contributed by atoms with Crippen LogP contribution in [0.5, 0.6) is 5.75 Å². The first kappa shape index (κ1) is 21.0. The van der Waals surface area contributed by atoms with Crippen LogP contribution in [0.3, 0.4) is 0 Å². The van der Waals surface area contributed by atoms with E-state index in [1.54, 1.807) is 0 Å². The molecule has 3 amide bonds. The molecule has 2 N–H and O–H groups in total. The van der Waals surface area contributed by atoms with E-state index >= 15 is 0 Å². The van der Waals surface area contributed by atoms with E-state index in [0.717, 1.165) is 10.9 Å². The van der Waals surface area contributed by atoms with E-state index in [1.807, 2.05) is 38.1 Å². The summed E-state index contributed by atoms with van der Waals surface area (Å²) in [5.41, 5.74) is 0. The highest BCUT2D eigenvalue weighted by molar-refractivity contribution is 9.10. The maximum absolute atomic E-state index is 11.6. The Morgan fingerprint density at radius 3 is 2.72 bits per heavy atom. The van der Waals surface area contributed by atoms with Crippen LogP contribution < -0.4 is 15.4 Å². The van der Waals surface area contributed by atoms with Crippen molar-refractivity contribution in [2.75, 3.05) is 13.2 Å². The van der Waals surface area contributed by atoms with E-state index in [-0.39, 0.29) is 12.5 Å². The lowest BCUT2D eigenvalue weighted by atomic mass is 10.3. The summed E-state index contributed by atoms with van der Waals surface area (Å²) < 4.78 is 11.2. The molecule has 0 bridgehead atoms. The lowest BCUT2D eigenvalue weighted by Gasteiger charge is -2.11. The molecule has 0 unspecified atom stereocenters. The molecule has 0 aliphatic carbocycles. The van der Waals surface area contributed by atoms with Crippen molar-refractivity contribution >= 4 is 33.8 Å². The van der Waals surface area contributed by atoms with Crippen molar-refractivity contribution in [1.29, 1.82) is 0 Å². The lowest BCUT2D eigenvalue weighted by Crippen LogP contribution is -2.44. The first-order valence-corrected chi connectivity index (χ1v) is 8.84. The maximum atomic E-state index is 11.6. The van der Waals surface area contributed by atoms with Crippen LogP contribution >= 0.6 is 15.9 Å². The predicted molar refractivity (Wildman–Crippen MR) is 96.3 cm³/mol. The number of carbonyl (C=O) groups is 3. The molecule has 0 saturated carbocycles. The van der Waals surface area contributed by atoms with Crippen molar-refractivity contribution in [2.24, 2.45) is 0 Å². The number of benzene rings is 1. The van der Waals surface area contributed by atoms with Crippen molar-refractivity contribution < 1.29 is 23.9 Å². The van der Waals surface area contributed by atoms with Gasteiger partial charge in [0.05, 0.1) is 6.61 Å². The Bertz CT molecular complexity index is 594. The van der Waals surface area contributed by atoms with Gasteiger partial charge in [-0.25, -0.2) is 4.79 Å². The van der Waals surface area contributed by atoms with Gasteiger partial charge in [0.2, 0.25) is 0 Å². The highest BCUT2D eigenvalue weighted by Crippen LogP contribution is 2.17. The molecule has 0 aliphatic heterocycles. The van der Waals surface area contributed by atoms with Gasteiger partial charge in [0, 0.05) is 16.9 Å². The molecular weight excluding hydrogens is 392 g/mol. The van der Waals surface area contributed by atoms with Crippen molar-refractivity contribution in [3.63, 3.8) is 0 Å². The number of hydrogen-bond acceptors (Lipinski definition) is 5. The summed E-state index contributed by atoms with van der Waals surface area (Å²) in [7, 11) is 0. The number of carbonyl (C=O) groups excluding carboxylic acids is 3. The molecule has 1 aromatic rings. The van der Waals surface area contributed by atoms with Crippen LogP contribution in [0.25, 0.3) is 0 Å². The molecule has 0 saturated heterocycles. The molecule has 138 valence electrons. The average molecular weight is 415 g/mol. The highest BCUT2D eigenvalue weighted by atomic mass is 79.9. The van der Waals surface area contributed by atoms with Gasteiger partial charge in [-0.05, 0) is 38.0 Å². The standard InChI is InChI=1S/C17H23BrN2O5/c1-3-12(2)19-17(23)20-15(21)11-25-16(22)8-5-9-24-14-7-4-6-13(18)10-14/h4,6-7,10,12H,3,5,8-9,11H2,1-2H3,(H2,19,20,21,23)/t12-/m1/s1. The lowest BCUT2D eigenvalue weighted by molar-refractivity contribution is -0.148. The largest absolute Gasteiger partial charge is 0.494 e. The fourth-order valence-corrected chi connectivity index (χ4v) is 2.08. The van der Waals surface area contributed by atoms with Gasteiger partial charge in [0.25, 0.3) is 5.91 Å². The normalized spacial score (nSPS) is 11.3. The molecule has 0 spiro atoms. The third-order valence-electron chi connectivity index (χ3n) is 3.20. The van der Waals surface area contributed by atoms with E-state index in [9.17, 15) is 14.4 Å². The topological polar surface area (TPSA) is 93.7 Å². The Labute approximate surface area is 155 Å². The molecule has 1 aromatic carbocycles. The second-order valence-electron chi connectivity index (χ2n) is 5.40. The summed E-state index contributed by atoms with van der Waals surface area (Å²) in [6, 6.07) is 6.74. The number of nitrogens with one attached hydrogen (secondary N) is 2. The van der Waals surface area contributed by atoms with Gasteiger partial charge in [-0.15, -0.1) is 0 Å². The van der Waals surface area contributed by atoms with Crippen molar-refractivity contribution in [2.45, 2.75) is 39.2 Å². The first-order valence-electron chi connectivity index (χ1n) is 8.05. The van der Waals surface area contributed by atoms with Crippen molar-refractivity contribution in [3.8, 4) is 5.75 Å². The molecular formula is C17H23BrN2O5. The summed E-state index contributed by atoms with van der Waals surface area (Å²) in [5, 5.41) is 4.68. The van der Waals surface area contributed by atoms with Crippen molar-refractivity contribution in [3.05, 3.63) is 28.7 Å². The van der Waals surface area contributed by atoms with E-state index in [0.29, 0.717) is 18.8 Å². The van der Waals surface area contributed by atoms with E-state index in [2.05, 4.69) is 26.6 Å². The second kappa shape index (κ2) is 11.5. The van der Waals surface area contributed by atoms with Crippen molar-refractivity contribution in [1.82, 2.24) is 10.6 Å². The van der Waals surface area contributed by atoms with Gasteiger partial charge < -0.3 is 14.8 Å². The number of ether oxygens (including phenoxy) is 2. The minimum atomic E-state index is -0.667. The number of imide groups is 1. The van der Waals surface area contributed by atoms with E-state index in [4.69, 9.17) is 9.47 Å². The zero-order valence-electron chi connectivity index (χ0n) is 14.3. The number of hydrogen-bond donors (Lipinski definition) is 2. The Kier molecular flexibility index (Phi) is 9.61. The zero-order chi connectivity index (χ0) is 18.7. The van der Waals surface area contributed by atoms with Gasteiger partial charge in [0.1, 0.15) is 5.75 Å². The molecule has 0 fully saturated rings. The smallest absolute Gasteiger partial charge is 0.321 e. The number of amides is 3.